The minimum absolute atomic E-state index is 0.197. The van der Waals surface area contributed by atoms with Crippen molar-refractivity contribution in [2.24, 2.45) is 22.6 Å². The van der Waals surface area contributed by atoms with Crippen LogP contribution >= 0.6 is 0 Å². The van der Waals surface area contributed by atoms with Crippen molar-refractivity contribution >= 4 is 33.3 Å². The molecule has 3 aliphatic carbocycles. The van der Waals surface area contributed by atoms with E-state index in [-0.39, 0.29) is 29.7 Å². The molecule has 0 heterocycles. The fourth-order valence-electron chi connectivity index (χ4n) is 6.26. The first kappa shape index (κ1) is 29.7. The van der Waals surface area contributed by atoms with Gasteiger partial charge in [0.2, 0.25) is 10.0 Å². The van der Waals surface area contributed by atoms with E-state index >= 15 is 0 Å². The van der Waals surface area contributed by atoms with Crippen molar-refractivity contribution in [3.63, 3.8) is 0 Å². The summed E-state index contributed by atoms with van der Waals surface area (Å²) in [5.41, 5.74) is 10.8. The molecule has 41 heavy (non-hydrogen) atoms. The maximum Gasteiger partial charge on any atom is 0.255 e. The van der Waals surface area contributed by atoms with Crippen molar-refractivity contribution in [3.05, 3.63) is 45.7 Å². The third-order valence-electron chi connectivity index (χ3n) is 7.78. The molecule has 1 aromatic carbocycles. The van der Waals surface area contributed by atoms with Crippen molar-refractivity contribution in [2.45, 2.75) is 30.0 Å². The van der Waals surface area contributed by atoms with E-state index in [4.69, 9.17) is 17.2 Å². The van der Waals surface area contributed by atoms with Crippen molar-refractivity contribution in [3.8, 4) is 23.7 Å². The lowest BCUT2D eigenvalue weighted by Gasteiger charge is -2.58. The number of fused-ring (bicyclic) bond motifs is 3. The molecule has 0 spiro atoms. The lowest BCUT2D eigenvalue weighted by Crippen LogP contribution is -2.80. The number of hydrogen-bond donors (Lipinski definition) is 7. The SMILES string of the molecule is CN(C)[C@@H]1C(=O)C(C(N)=O)=C(O)[C@@]2(C#N)C(=O)C3=C(O)c4c(O)ccc(C#CCNS(C)(=O)=O)c4C[C@@]3(N)C[C@@]12N. The number of nitrogens with two attached hydrogens (primary N) is 3. The number of amides is 1. The van der Waals surface area contributed by atoms with E-state index in [0.29, 0.717) is 0 Å². The highest BCUT2D eigenvalue weighted by atomic mass is 32.2. The molecular formula is C26H28N6O8S. The van der Waals surface area contributed by atoms with Crippen molar-refractivity contribution in [1.29, 1.82) is 5.26 Å². The number of rotatable bonds is 4. The van der Waals surface area contributed by atoms with E-state index in [1.807, 2.05) is 0 Å². The van der Waals surface area contributed by atoms with Gasteiger partial charge in [-0.05, 0) is 44.6 Å². The van der Waals surface area contributed by atoms with E-state index < -0.39 is 84.9 Å². The molecule has 1 saturated carbocycles. The predicted molar refractivity (Wildman–Crippen MR) is 144 cm³/mol. The van der Waals surface area contributed by atoms with Gasteiger partial charge in [-0.1, -0.05) is 11.8 Å². The predicted octanol–water partition coefficient (Wildman–Crippen LogP) is -2.19. The Labute approximate surface area is 235 Å². The quantitative estimate of drug-likeness (QED) is 0.147. The number of aliphatic hydroxyl groups is 2. The average Bonchev–Trinajstić information content (AvgIpc) is 2.81. The van der Waals surface area contributed by atoms with Crippen molar-refractivity contribution in [2.75, 3.05) is 26.9 Å². The molecule has 1 fully saturated rings. The van der Waals surface area contributed by atoms with Crippen LogP contribution in [0.2, 0.25) is 0 Å². The van der Waals surface area contributed by atoms with E-state index in [1.165, 1.54) is 31.1 Å². The summed E-state index contributed by atoms with van der Waals surface area (Å²) in [6.45, 7) is -0.245. The Morgan fingerprint density at radius 2 is 1.85 bits per heavy atom. The minimum atomic E-state index is -3.52. The number of aliphatic hydroxyl groups excluding tert-OH is 2. The van der Waals surface area contributed by atoms with Gasteiger partial charge >= 0.3 is 0 Å². The Bertz CT molecular complexity index is 1710. The lowest BCUT2D eigenvalue weighted by atomic mass is 9.47. The lowest BCUT2D eigenvalue weighted by molar-refractivity contribution is -0.139. The smallest absolute Gasteiger partial charge is 0.255 e. The van der Waals surface area contributed by atoms with Crippen molar-refractivity contribution < 1.29 is 38.1 Å². The number of aromatic hydroxyl groups is 1. The third-order valence-corrected chi connectivity index (χ3v) is 8.45. The highest BCUT2D eigenvalue weighted by Crippen LogP contribution is 2.58. The van der Waals surface area contributed by atoms with E-state index in [2.05, 4.69) is 16.6 Å². The first-order valence-corrected chi connectivity index (χ1v) is 14.0. The van der Waals surface area contributed by atoms with Gasteiger partial charge < -0.3 is 32.5 Å². The maximum absolute atomic E-state index is 14.3. The molecule has 4 atom stereocenters. The van der Waals surface area contributed by atoms with Gasteiger partial charge in [-0.3, -0.25) is 19.3 Å². The molecule has 0 radical (unpaired) electrons. The summed E-state index contributed by atoms with van der Waals surface area (Å²) in [4.78, 5) is 41.2. The van der Waals surface area contributed by atoms with E-state index in [0.717, 1.165) is 6.26 Å². The number of benzene rings is 1. The maximum atomic E-state index is 14.3. The number of sulfonamides is 1. The van der Waals surface area contributed by atoms with Crippen LogP contribution in [0, 0.1) is 28.6 Å². The highest BCUT2D eigenvalue weighted by molar-refractivity contribution is 7.88. The number of likely N-dealkylation sites (N-methyl/N-ethyl adjacent to an activating group) is 1. The number of phenolic OH excluding ortho intramolecular Hbond substituents is 1. The van der Waals surface area contributed by atoms with Gasteiger partial charge in [-0.15, -0.1) is 0 Å². The van der Waals surface area contributed by atoms with Crippen LogP contribution in [-0.2, 0) is 30.8 Å². The monoisotopic (exact) mass is 584 g/mol. The van der Waals surface area contributed by atoms with Gasteiger partial charge in [-0.2, -0.15) is 5.26 Å². The summed E-state index contributed by atoms with van der Waals surface area (Å²) in [6.07, 6.45) is 0.161. The van der Waals surface area contributed by atoms with Crippen LogP contribution in [0.1, 0.15) is 23.1 Å². The van der Waals surface area contributed by atoms with Gasteiger partial charge in [0.25, 0.3) is 5.91 Å². The Balaban J connectivity index is 2.02. The summed E-state index contributed by atoms with van der Waals surface area (Å²) in [5.74, 6) is -0.785. The molecule has 0 aliphatic heterocycles. The number of nitrogens with one attached hydrogen (secondary N) is 1. The first-order valence-electron chi connectivity index (χ1n) is 12.1. The summed E-state index contributed by atoms with van der Waals surface area (Å²) >= 11 is 0. The molecule has 15 heteroatoms. The van der Waals surface area contributed by atoms with Crippen LogP contribution in [0.15, 0.2) is 29.0 Å². The fourth-order valence-corrected chi connectivity index (χ4v) is 6.59. The largest absolute Gasteiger partial charge is 0.509 e. The molecule has 10 N–H and O–H groups in total. The van der Waals surface area contributed by atoms with Crippen LogP contribution in [0.4, 0.5) is 0 Å². The van der Waals surface area contributed by atoms with Crippen LogP contribution in [-0.4, -0.2) is 90.1 Å². The first-order chi connectivity index (χ1) is 18.9. The molecule has 0 bridgehead atoms. The standard InChI is InChI=1S/C26H28N6O8S/c1-32(2)20-19(35)16(23(28)38)21(36)25(11-27)22(37)17-18(34)15-13(9-24(17,29)10-26(20,25)30)12(6-7-14(15)33)5-4-8-31-41(3,39)40/h6-7,20,31,33-34,36H,8-10,29-30H2,1-3H3,(H2,28,38)/t20-,24-,25+,26-/m1/s1. The zero-order valence-electron chi connectivity index (χ0n) is 22.3. The summed E-state index contributed by atoms with van der Waals surface area (Å²) < 4.78 is 24.9. The number of carbonyl (C=O) groups excluding carboxylic acids is 3. The second-order valence-electron chi connectivity index (χ2n) is 10.7. The average molecular weight is 585 g/mol. The van der Waals surface area contributed by atoms with Gasteiger partial charge in [0.1, 0.15) is 22.8 Å². The number of carbonyl (C=O) groups is 3. The molecule has 216 valence electrons. The molecule has 0 saturated heterocycles. The van der Waals surface area contributed by atoms with Crippen LogP contribution in [0.25, 0.3) is 5.76 Å². The number of hydrogen-bond acceptors (Lipinski definition) is 12. The summed E-state index contributed by atoms with van der Waals surface area (Å²) in [6, 6.07) is 2.78. The van der Waals surface area contributed by atoms with Gasteiger partial charge in [0.05, 0.1) is 47.1 Å². The topological polar surface area (TPSA) is 263 Å². The summed E-state index contributed by atoms with van der Waals surface area (Å²) in [5, 5.41) is 43.7. The zero-order valence-corrected chi connectivity index (χ0v) is 23.1. The number of Topliss-reactive ketones (excluding diaryl/α,β-unsaturated/α-hetero) is 2. The van der Waals surface area contributed by atoms with Gasteiger partial charge in [0, 0.05) is 5.56 Å². The highest BCUT2D eigenvalue weighted by Gasteiger charge is 2.74. The third kappa shape index (κ3) is 4.09. The molecule has 1 aromatic rings. The molecule has 0 unspecified atom stereocenters. The molecule has 3 aliphatic rings. The summed E-state index contributed by atoms with van der Waals surface area (Å²) in [7, 11) is -0.683. The number of nitriles is 1. The van der Waals surface area contributed by atoms with E-state index in [1.54, 1.807) is 6.07 Å². The number of ketones is 2. The molecular weight excluding hydrogens is 556 g/mol. The second-order valence-corrected chi connectivity index (χ2v) is 12.5. The Kier molecular flexibility index (Phi) is 6.82. The van der Waals surface area contributed by atoms with Crippen LogP contribution in [0.3, 0.4) is 0 Å². The molecule has 0 aromatic heterocycles. The van der Waals surface area contributed by atoms with Crippen LogP contribution < -0.4 is 21.9 Å². The number of nitrogens with zero attached hydrogens (tertiary/aromatic N) is 2. The Morgan fingerprint density at radius 1 is 1.22 bits per heavy atom. The van der Waals surface area contributed by atoms with Crippen LogP contribution in [0.5, 0.6) is 5.75 Å². The zero-order chi connectivity index (χ0) is 30.9. The second kappa shape index (κ2) is 9.41. The minimum Gasteiger partial charge on any atom is -0.509 e. The number of primary amides is 1. The van der Waals surface area contributed by atoms with Gasteiger partial charge in [-0.25, -0.2) is 13.1 Å². The van der Waals surface area contributed by atoms with Gasteiger partial charge in [0.15, 0.2) is 17.0 Å². The van der Waals surface area contributed by atoms with E-state index in [9.17, 15) is 43.4 Å². The molecule has 4 rings (SSSR count). The molecule has 1 amide bonds. The Morgan fingerprint density at radius 3 is 2.39 bits per heavy atom. The number of phenols is 1. The Hall–Kier alpha value is -4.25. The van der Waals surface area contributed by atoms with Crippen molar-refractivity contribution in [1.82, 2.24) is 9.62 Å². The normalized spacial score (nSPS) is 29.2. The fraction of sp³-hybridized carbons (Fsp3) is 0.385. The molecule has 14 nitrogen and oxygen atoms in total.